The third-order valence-corrected chi connectivity index (χ3v) is 3.89. The molecule has 0 saturated heterocycles. The molecule has 0 bridgehead atoms. The molecule has 1 aromatic heterocycles. The number of aromatic nitrogens is 1. The second-order valence-electron chi connectivity index (χ2n) is 4.45. The van der Waals surface area contributed by atoms with Crippen LogP contribution in [-0.4, -0.2) is 23.8 Å². The van der Waals surface area contributed by atoms with Crippen molar-refractivity contribution in [3.05, 3.63) is 42.2 Å². The third kappa shape index (κ3) is 4.13. The number of pyridine rings is 1. The number of amides is 1. The number of nitrogen functional groups attached to an aromatic ring is 1. The van der Waals surface area contributed by atoms with Crippen LogP contribution in [0.1, 0.15) is 5.56 Å². The first-order valence-corrected chi connectivity index (χ1v) is 7.35. The summed E-state index contributed by atoms with van der Waals surface area (Å²) in [6.07, 6.45) is 3.23. The van der Waals surface area contributed by atoms with Crippen molar-refractivity contribution in [3.8, 4) is 5.75 Å². The van der Waals surface area contributed by atoms with Crippen molar-refractivity contribution >= 4 is 29.0 Å². The Morgan fingerprint density at radius 1 is 1.43 bits per heavy atom. The van der Waals surface area contributed by atoms with Gasteiger partial charge >= 0.3 is 0 Å². The molecule has 1 heterocycles. The normalized spacial score (nSPS) is 10.2. The Morgan fingerprint density at radius 2 is 2.24 bits per heavy atom. The van der Waals surface area contributed by atoms with Gasteiger partial charge in [0.25, 0.3) is 0 Å². The van der Waals surface area contributed by atoms with Crippen molar-refractivity contribution in [3.63, 3.8) is 0 Å². The van der Waals surface area contributed by atoms with Gasteiger partial charge in [-0.2, -0.15) is 0 Å². The maximum atomic E-state index is 12.0. The molecule has 0 aliphatic carbocycles. The number of ether oxygens (including phenoxy) is 1. The van der Waals surface area contributed by atoms with Crippen LogP contribution in [0.2, 0.25) is 0 Å². The molecule has 1 aromatic carbocycles. The van der Waals surface area contributed by atoms with Crippen LogP contribution in [0.25, 0.3) is 0 Å². The molecule has 0 spiro atoms. The van der Waals surface area contributed by atoms with Crippen molar-refractivity contribution in [1.82, 2.24) is 4.98 Å². The van der Waals surface area contributed by atoms with Gasteiger partial charge in [0, 0.05) is 11.1 Å². The predicted molar refractivity (Wildman–Crippen MR) is 85.7 cm³/mol. The molecular weight excluding hydrogens is 286 g/mol. The Labute approximate surface area is 127 Å². The van der Waals surface area contributed by atoms with Crippen LogP contribution in [0.4, 0.5) is 11.4 Å². The molecule has 0 aliphatic rings. The van der Waals surface area contributed by atoms with Crippen molar-refractivity contribution < 1.29 is 9.53 Å². The zero-order valence-electron chi connectivity index (χ0n) is 11.9. The van der Waals surface area contributed by atoms with Gasteiger partial charge in [-0.1, -0.05) is 6.07 Å². The van der Waals surface area contributed by atoms with Crippen molar-refractivity contribution in [2.45, 2.75) is 11.8 Å². The minimum absolute atomic E-state index is 0.111. The number of thioether (sulfide) groups is 1. The Morgan fingerprint density at radius 3 is 2.95 bits per heavy atom. The van der Waals surface area contributed by atoms with E-state index in [4.69, 9.17) is 10.5 Å². The molecule has 2 rings (SSSR count). The number of anilines is 2. The first-order valence-electron chi connectivity index (χ1n) is 6.37. The molecule has 0 atom stereocenters. The smallest absolute Gasteiger partial charge is 0.234 e. The fourth-order valence-corrected chi connectivity index (χ4v) is 2.51. The quantitative estimate of drug-likeness (QED) is 0.830. The highest BCUT2D eigenvalue weighted by Crippen LogP contribution is 2.27. The molecule has 6 heteroatoms. The van der Waals surface area contributed by atoms with Gasteiger partial charge in [0.15, 0.2) is 0 Å². The first-order chi connectivity index (χ1) is 10.1. The number of hydrogen-bond donors (Lipinski definition) is 2. The number of hydrogen-bond acceptors (Lipinski definition) is 5. The number of nitrogens with two attached hydrogens (primary N) is 1. The van der Waals surface area contributed by atoms with Gasteiger partial charge in [0.05, 0.1) is 30.4 Å². The summed E-state index contributed by atoms with van der Waals surface area (Å²) in [7, 11) is 1.58. The van der Waals surface area contributed by atoms with Gasteiger partial charge in [-0.25, -0.2) is 0 Å². The van der Waals surface area contributed by atoms with Crippen LogP contribution in [0.3, 0.4) is 0 Å². The van der Waals surface area contributed by atoms with E-state index >= 15 is 0 Å². The summed E-state index contributed by atoms with van der Waals surface area (Å²) in [5.74, 6) is 0.799. The van der Waals surface area contributed by atoms with E-state index in [9.17, 15) is 4.79 Å². The lowest BCUT2D eigenvalue weighted by atomic mass is 10.2. The lowest BCUT2D eigenvalue weighted by molar-refractivity contribution is -0.113. The largest absolute Gasteiger partial charge is 0.495 e. The second kappa shape index (κ2) is 6.99. The minimum atomic E-state index is -0.111. The number of rotatable bonds is 5. The van der Waals surface area contributed by atoms with Gasteiger partial charge in [-0.05, 0) is 30.7 Å². The molecule has 0 fully saturated rings. The number of aryl methyl sites for hydroxylation is 1. The molecule has 110 valence electrons. The highest BCUT2D eigenvalue weighted by molar-refractivity contribution is 8.00. The predicted octanol–water partition coefficient (Wildman–Crippen LogP) is 2.71. The average molecular weight is 303 g/mol. The van der Waals surface area contributed by atoms with Crippen LogP contribution in [0.5, 0.6) is 5.75 Å². The molecule has 1 amide bonds. The molecule has 2 aromatic rings. The van der Waals surface area contributed by atoms with E-state index in [1.54, 1.807) is 25.6 Å². The zero-order chi connectivity index (χ0) is 15.2. The van der Waals surface area contributed by atoms with E-state index in [1.807, 2.05) is 25.1 Å². The van der Waals surface area contributed by atoms with Crippen LogP contribution < -0.4 is 15.8 Å². The number of benzene rings is 1. The molecule has 0 aliphatic heterocycles. The van der Waals surface area contributed by atoms with Gasteiger partial charge in [0.1, 0.15) is 5.75 Å². The van der Waals surface area contributed by atoms with Crippen molar-refractivity contribution in [2.75, 3.05) is 23.9 Å². The molecule has 3 N–H and O–H groups in total. The summed E-state index contributed by atoms with van der Waals surface area (Å²) in [6.45, 7) is 1.96. The lowest BCUT2D eigenvalue weighted by Crippen LogP contribution is -2.15. The fourth-order valence-electron chi connectivity index (χ4n) is 1.77. The number of carbonyl (C=O) groups excluding carboxylic acids is 1. The van der Waals surface area contributed by atoms with Crippen LogP contribution in [0, 0.1) is 6.92 Å². The number of nitrogens with one attached hydrogen (secondary N) is 1. The van der Waals surface area contributed by atoms with Crippen molar-refractivity contribution in [1.29, 1.82) is 0 Å². The summed E-state index contributed by atoms with van der Waals surface area (Å²) in [5.41, 5.74) is 8.09. The van der Waals surface area contributed by atoms with E-state index < -0.39 is 0 Å². The summed E-state index contributed by atoms with van der Waals surface area (Å²) in [6, 6.07) is 7.43. The summed E-state index contributed by atoms with van der Waals surface area (Å²) >= 11 is 1.37. The number of nitrogens with zero attached hydrogens (tertiary/aromatic N) is 1. The van der Waals surface area contributed by atoms with E-state index in [-0.39, 0.29) is 11.7 Å². The maximum Gasteiger partial charge on any atom is 0.234 e. The van der Waals surface area contributed by atoms with Gasteiger partial charge in [-0.3, -0.25) is 9.78 Å². The molecular formula is C15H17N3O2S. The van der Waals surface area contributed by atoms with Crippen LogP contribution >= 0.6 is 11.8 Å². The zero-order valence-corrected chi connectivity index (χ0v) is 12.7. The monoisotopic (exact) mass is 303 g/mol. The molecule has 0 radical (unpaired) electrons. The fraction of sp³-hybridized carbons (Fsp3) is 0.200. The second-order valence-corrected chi connectivity index (χ2v) is 5.47. The Bertz CT molecular complexity index is 647. The number of methoxy groups -OCH3 is 1. The SMILES string of the molecule is COc1ccc(C)cc1NC(=O)CSc1ccncc1N. The van der Waals surface area contributed by atoms with Gasteiger partial charge < -0.3 is 15.8 Å². The summed E-state index contributed by atoms with van der Waals surface area (Å²) in [5, 5.41) is 2.85. The summed E-state index contributed by atoms with van der Waals surface area (Å²) in [4.78, 5) is 16.8. The molecule has 0 unspecified atom stereocenters. The highest BCUT2D eigenvalue weighted by atomic mass is 32.2. The molecule has 5 nitrogen and oxygen atoms in total. The maximum absolute atomic E-state index is 12.0. The molecule has 0 saturated carbocycles. The van der Waals surface area contributed by atoms with E-state index in [2.05, 4.69) is 10.3 Å². The first kappa shape index (κ1) is 15.2. The topological polar surface area (TPSA) is 77.2 Å². The highest BCUT2D eigenvalue weighted by Gasteiger charge is 2.09. The molecule has 21 heavy (non-hydrogen) atoms. The summed E-state index contributed by atoms with van der Waals surface area (Å²) < 4.78 is 5.23. The van der Waals surface area contributed by atoms with E-state index in [0.717, 1.165) is 10.5 Å². The van der Waals surface area contributed by atoms with Crippen molar-refractivity contribution in [2.24, 2.45) is 0 Å². The minimum Gasteiger partial charge on any atom is -0.495 e. The number of carbonyl (C=O) groups is 1. The average Bonchev–Trinajstić information content (AvgIpc) is 2.47. The third-order valence-electron chi connectivity index (χ3n) is 2.80. The van der Waals surface area contributed by atoms with Gasteiger partial charge in [0.2, 0.25) is 5.91 Å². The Balaban J connectivity index is 1.99. The lowest BCUT2D eigenvalue weighted by Gasteiger charge is -2.11. The van der Waals surface area contributed by atoms with E-state index in [0.29, 0.717) is 17.1 Å². The Hall–Kier alpha value is -2.21. The Kier molecular flexibility index (Phi) is 5.05. The van der Waals surface area contributed by atoms with E-state index in [1.165, 1.54) is 11.8 Å². The van der Waals surface area contributed by atoms with Gasteiger partial charge in [-0.15, -0.1) is 11.8 Å². The van der Waals surface area contributed by atoms with Crippen LogP contribution in [-0.2, 0) is 4.79 Å². The standard InChI is InChI=1S/C15H17N3O2S/c1-10-3-4-13(20-2)12(7-10)18-15(19)9-21-14-5-6-17-8-11(14)16/h3-8H,9,16H2,1-2H3,(H,18,19). The van der Waals surface area contributed by atoms with Crippen LogP contribution in [0.15, 0.2) is 41.6 Å².